The smallest absolute Gasteiger partial charge is 0.269 e. The second kappa shape index (κ2) is 8.12. The van der Waals surface area contributed by atoms with Gasteiger partial charge in [-0.25, -0.2) is 0 Å². The number of nitrogens with one attached hydrogen (secondary N) is 1. The highest BCUT2D eigenvalue weighted by Crippen LogP contribution is 2.22. The SMILES string of the molecule is C[C@@H](NC(=O)CSc1ccc([N+](=O)[O-])cc1)c1ccc(Br)cc1. The molecule has 2 rings (SSSR count). The van der Waals surface area contributed by atoms with Crippen molar-refractivity contribution >= 4 is 39.3 Å². The summed E-state index contributed by atoms with van der Waals surface area (Å²) in [6.45, 7) is 1.93. The fourth-order valence-electron chi connectivity index (χ4n) is 1.93. The first-order valence-electron chi connectivity index (χ1n) is 6.88. The van der Waals surface area contributed by atoms with Gasteiger partial charge in [0.2, 0.25) is 5.91 Å². The fraction of sp³-hybridized carbons (Fsp3) is 0.188. The van der Waals surface area contributed by atoms with Crippen molar-refractivity contribution < 1.29 is 9.72 Å². The van der Waals surface area contributed by atoms with Crippen LogP contribution in [0.3, 0.4) is 0 Å². The lowest BCUT2D eigenvalue weighted by molar-refractivity contribution is -0.384. The van der Waals surface area contributed by atoms with Gasteiger partial charge in [0.1, 0.15) is 0 Å². The molecule has 120 valence electrons. The standard InChI is InChI=1S/C16H15BrN2O3S/c1-11(12-2-4-13(17)5-3-12)18-16(20)10-23-15-8-6-14(7-9-15)19(21)22/h2-9,11H,10H2,1H3,(H,18,20)/t11-/m1/s1. The van der Waals surface area contributed by atoms with E-state index in [1.165, 1.54) is 23.9 Å². The summed E-state index contributed by atoms with van der Waals surface area (Å²) in [6.07, 6.45) is 0. The Labute approximate surface area is 146 Å². The molecule has 23 heavy (non-hydrogen) atoms. The summed E-state index contributed by atoms with van der Waals surface area (Å²) in [5.74, 6) is 0.183. The Hall–Kier alpha value is -1.86. The zero-order valence-corrected chi connectivity index (χ0v) is 14.8. The Kier molecular flexibility index (Phi) is 6.18. The van der Waals surface area contributed by atoms with Gasteiger partial charge in [0.15, 0.2) is 0 Å². The average molecular weight is 395 g/mol. The summed E-state index contributed by atoms with van der Waals surface area (Å²) in [6, 6.07) is 13.9. The van der Waals surface area contributed by atoms with Gasteiger partial charge in [-0.15, -0.1) is 11.8 Å². The van der Waals surface area contributed by atoms with Crippen LogP contribution >= 0.6 is 27.7 Å². The second-order valence-electron chi connectivity index (χ2n) is 4.88. The number of nitro benzene ring substituents is 1. The van der Waals surface area contributed by atoms with Crippen molar-refractivity contribution in [3.05, 3.63) is 68.7 Å². The van der Waals surface area contributed by atoms with Crippen LogP contribution in [0.25, 0.3) is 0 Å². The monoisotopic (exact) mass is 394 g/mol. The van der Waals surface area contributed by atoms with Crippen molar-refractivity contribution in [1.29, 1.82) is 0 Å². The van der Waals surface area contributed by atoms with E-state index in [1.54, 1.807) is 12.1 Å². The topological polar surface area (TPSA) is 72.2 Å². The Morgan fingerprint density at radius 1 is 1.22 bits per heavy atom. The van der Waals surface area contributed by atoms with Crippen LogP contribution in [0.1, 0.15) is 18.5 Å². The molecule has 5 nitrogen and oxygen atoms in total. The molecule has 0 aliphatic rings. The van der Waals surface area contributed by atoms with E-state index in [0.717, 1.165) is 14.9 Å². The summed E-state index contributed by atoms with van der Waals surface area (Å²) in [7, 11) is 0. The van der Waals surface area contributed by atoms with Gasteiger partial charge in [-0.05, 0) is 36.8 Å². The Morgan fingerprint density at radius 3 is 2.39 bits per heavy atom. The molecule has 2 aromatic rings. The molecular formula is C16H15BrN2O3S. The third-order valence-electron chi connectivity index (χ3n) is 3.16. The third-order valence-corrected chi connectivity index (χ3v) is 4.71. The number of thioether (sulfide) groups is 1. The maximum atomic E-state index is 12.0. The molecule has 0 unspecified atom stereocenters. The molecule has 0 aromatic heterocycles. The summed E-state index contributed by atoms with van der Waals surface area (Å²) < 4.78 is 0.994. The van der Waals surface area contributed by atoms with E-state index in [-0.39, 0.29) is 23.4 Å². The van der Waals surface area contributed by atoms with Crippen LogP contribution in [0.4, 0.5) is 5.69 Å². The van der Waals surface area contributed by atoms with E-state index in [4.69, 9.17) is 0 Å². The number of amides is 1. The van der Waals surface area contributed by atoms with Gasteiger partial charge in [-0.1, -0.05) is 28.1 Å². The van der Waals surface area contributed by atoms with Gasteiger partial charge in [-0.3, -0.25) is 14.9 Å². The molecule has 0 heterocycles. The van der Waals surface area contributed by atoms with E-state index >= 15 is 0 Å². The Bertz CT molecular complexity index is 689. The third kappa shape index (κ3) is 5.37. The molecule has 0 aliphatic heterocycles. The fourth-order valence-corrected chi connectivity index (χ4v) is 2.90. The lowest BCUT2D eigenvalue weighted by Gasteiger charge is -2.14. The van der Waals surface area contributed by atoms with Crippen LogP contribution in [0.5, 0.6) is 0 Å². The molecule has 0 spiro atoms. The molecule has 0 aliphatic carbocycles. The number of hydrogen-bond donors (Lipinski definition) is 1. The molecule has 0 radical (unpaired) electrons. The highest BCUT2D eigenvalue weighted by molar-refractivity contribution is 9.10. The molecule has 1 N–H and O–H groups in total. The predicted molar refractivity (Wildman–Crippen MR) is 94.5 cm³/mol. The summed E-state index contributed by atoms with van der Waals surface area (Å²) in [5, 5.41) is 13.5. The molecule has 2 aromatic carbocycles. The first kappa shape index (κ1) is 17.5. The minimum atomic E-state index is -0.443. The van der Waals surface area contributed by atoms with Crippen LogP contribution in [-0.4, -0.2) is 16.6 Å². The average Bonchev–Trinajstić information content (AvgIpc) is 2.54. The van der Waals surface area contributed by atoms with E-state index in [1.807, 2.05) is 31.2 Å². The summed E-state index contributed by atoms with van der Waals surface area (Å²) in [4.78, 5) is 23.0. The summed E-state index contributed by atoms with van der Waals surface area (Å²) in [5.41, 5.74) is 1.07. The summed E-state index contributed by atoms with van der Waals surface area (Å²) >= 11 is 4.72. The van der Waals surface area contributed by atoms with Crippen molar-refractivity contribution in [1.82, 2.24) is 5.32 Å². The number of hydrogen-bond acceptors (Lipinski definition) is 4. The highest BCUT2D eigenvalue weighted by atomic mass is 79.9. The van der Waals surface area contributed by atoms with Gasteiger partial charge in [-0.2, -0.15) is 0 Å². The maximum Gasteiger partial charge on any atom is 0.269 e. The first-order valence-corrected chi connectivity index (χ1v) is 8.65. The maximum absolute atomic E-state index is 12.0. The highest BCUT2D eigenvalue weighted by Gasteiger charge is 2.10. The molecule has 0 fully saturated rings. The van der Waals surface area contributed by atoms with Crippen LogP contribution in [-0.2, 0) is 4.79 Å². The number of carbonyl (C=O) groups excluding carboxylic acids is 1. The molecule has 0 bridgehead atoms. The van der Waals surface area contributed by atoms with Crippen LogP contribution in [0.15, 0.2) is 57.9 Å². The van der Waals surface area contributed by atoms with Gasteiger partial charge >= 0.3 is 0 Å². The van der Waals surface area contributed by atoms with Crippen molar-refractivity contribution in [3.8, 4) is 0 Å². The minimum Gasteiger partial charge on any atom is -0.349 e. The molecular weight excluding hydrogens is 380 g/mol. The molecule has 0 saturated heterocycles. The van der Waals surface area contributed by atoms with Gasteiger partial charge in [0, 0.05) is 21.5 Å². The number of nitrogens with zero attached hydrogens (tertiary/aromatic N) is 1. The van der Waals surface area contributed by atoms with Crippen molar-refractivity contribution in [2.75, 3.05) is 5.75 Å². The Balaban J connectivity index is 1.84. The number of carbonyl (C=O) groups is 1. The van der Waals surface area contributed by atoms with Gasteiger partial charge < -0.3 is 5.32 Å². The predicted octanol–water partition coefficient (Wildman–Crippen LogP) is 4.33. The Morgan fingerprint density at radius 2 is 1.83 bits per heavy atom. The van der Waals surface area contributed by atoms with E-state index in [2.05, 4.69) is 21.2 Å². The number of rotatable bonds is 6. The lowest BCUT2D eigenvalue weighted by atomic mass is 10.1. The number of halogens is 1. The zero-order chi connectivity index (χ0) is 16.8. The molecule has 1 amide bonds. The van der Waals surface area contributed by atoms with E-state index in [9.17, 15) is 14.9 Å². The molecule has 1 atom stereocenters. The molecule has 0 saturated carbocycles. The van der Waals surface area contributed by atoms with Crippen molar-refractivity contribution in [2.45, 2.75) is 17.9 Å². The van der Waals surface area contributed by atoms with E-state index < -0.39 is 4.92 Å². The van der Waals surface area contributed by atoms with Crippen LogP contribution < -0.4 is 5.32 Å². The lowest BCUT2D eigenvalue weighted by Crippen LogP contribution is -2.28. The van der Waals surface area contributed by atoms with Crippen LogP contribution in [0, 0.1) is 10.1 Å². The quantitative estimate of drug-likeness (QED) is 0.449. The van der Waals surface area contributed by atoms with Crippen LogP contribution in [0.2, 0.25) is 0 Å². The normalized spacial score (nSPS) is 11.7. The zero-order valence-electron chi connectivity index (χ0n) is 12.4. The van der Waals surface area contributed by atoms with E-state index in [0.29, 0.717) is 0 Å². The largest absolute Gasteiger partial charge is 0.349 e. The number of benzene rings is 2. The minimum absolute atomic E-state index is 0.0441. The number of nitro groups is 1. The van der Waals surface area contributed by atoms with Gasteiger partial charge in [0.05, 0.1) is 16.7 Å². The van der Waals surface area contributed by atoms with Gasteiger partial charge in [0.25, 0.3) is 5.69 Å². The van der Waals surface area contributed by atoms with Crippen molar-refractivity contribution in [3.63, 3.8) is 0 Å². The van der Waals surface area contributed by atoms with Crippen molar-refractivity contribution in [2.24, 2.45) is 0 Å². The first-order chi connectivity index (χ1) is 11.0. The molecule has 7 heteroatoms. The second-order valence-corrected chi connectivity index (χ2v) is 6.84. The number of non-ortho nitro benzene ring substituents is 1.